The molecular weight excluding hydrogens is 258 g/mol. The summed E-state index contributed by atoms with van der Waals surface area (Å²) >= 11 is 0. The second kappa shape index (κ2) is 6.80. The number of azide groups is 1. The van der Waals surface area contributed by atoms with Crippen molar-refractivity contribution in [2.75, 3.05) is 14.2 Å². The van der Waals surface area contributed by atoms with Crippen molar-refractivity contribution in [3.8, 4) is 0 Å². The summed E-state index contributed by atoms with van der Waals surface area (Å²) in [6, 6.07) is -1.03. The lowest BCUT2D eigenvalue weighted by molar-refractivity contribution is -0.267. The lowest BCUT2D eigenvalue weighted by Crippen LogP contribution is -2.62. The highest BCUT2D eigenvalue weighted by Gasteiger charge is 2.49. The number of rotatable bonds is 5. The van der Waals surface area contributed by atoms with Crippen LogP contribution in [0.15, 0.2) is 5.11 Å². The molecule has 0 aromatic heterocycles. The molecule has 1 fully saturated rings. The largest absolute Gasteiger partial charge is 0.382 e. The molecule has 0 amide bonds. The molecule has 1 unspecified atom stereocenters. The van der Waals surface area contributed by atoms with E-state index in [1.54, 1.807) is 0 Å². The quantitative estimate of drug-likeness (QED) is 0.389. The van der Waals surface area contributed by atoms with Gasteiger partial charge in [-0.05, 0) is 12.5 Å². The van der Waals surface area contributed by atoms with E-state index in [4.69, 9.17) is 19.7 Å². The SMILES string of the molecule is CO[C@@H]1[C@@H](N=[N+]=[N-])[C@@H](O)O[C@H](C(O)C(C)=O)[C@H]1OC. The van der Waals surface area contributed by atoms with Gasteiger partial charge in [0.15, 0.2) is 12.1 Å². The van der Waals surface area contributed by atoms with E-state index in [2.05, 4.69) is 10.0 Å². The van der Waals surface area contributed by atoms with Crippen molar-refractivity contribution >= 4 is 5.78 Å². The average molecular weight is 275 g/mol. The van der Waals surface area contributed by atoms with Gasteiger partial charge < -0.3 is 24.4 Å². The Labute approximate surface area is 109 Å². The number of carbonyl (C=O) groups excluding carboxylic acids is 1. The first-order valence-corrected chi connectivity index (χ1v) is 5.59. The second-order valence-corrected chi connectivity index (χ2v) is 4.14. The van der Waals surface area contributed by atoms with Crippen molar-refractivity contribution in [2.24, 2.45) is 5.11 Å². The van der Waals surface area contributed by atoms with Gasteiger partial charge >= 0.3 is 0 Å². The number of hydrogen-bond donors (Lipinski definition) is 2. The van der Waals surface area contributed by atoms with E-state index in [1.807, 2.05) is 0 Å². The van der Waals surface area contributed by atoms with Gasteiger partial charge in [0.25, 0.3) is 0 Å². The standard InChI is InChI=1S/C10H17N3O6/c1-4(14)6(15)8-9(18-3)7(17-2)5(12-13-11)10(16)19-8/h5-10,15-16H,1-3H3/t5-,6?,7-,8-,9+,10+/m1/s1. The number of methoxy groups -OCH3 is 2. The Morgan fingerprint density at radius 3 is 2.42 bits per heavy atom. The van der Waals surface area contributed by atoms with Gasteiger partial charge in [-0.25, -0.2) is 0 Å². The first kappa shape index (κ1) is 15.8. The van der Waals surface area contributed by atoms with Crippen molar-refractivity contribution in [3.05, 3.63) is 10.4 Å². The summed E-state index contributed by atoms with van der Waals surface area (Å²) in [6.45, 7) is 1.19. The molecule has 0 saturated carbocycles. The minimum Gasteiger partial charge on any atom is -0.382 e. The minimum atomic E-state index is -1.49. The van der Waals surface area contributed by atoms with Crippen LogP contribution >= 0.6 is 0 Å². The summed E-state index contributed by atoms with van der Waals surface area (Å²) in [5, 5.41) is 22.9. The zero-order valence-corrected chi connectivity index (χ0v) is 10.8. The van der Waals surface area contributed by atoms with Gasteiger partial charge in [0.2, 0.25) is 0 Å². The molecule has 0 radical (unpaired) electrons. The Bertz CT molecular complexity index is 370. The third-order valence-corrected chi connectivity index (χ3v) is 3.03. The topological polar surface area (TPSA) is 134 Å². The van der Waals surface area contributed by atoms with E-state index in [9.17, 15) is 15.0 Å². The lowest BCUT2D eigenvalue weighted by Gasteiger charge is -2.43. The minimum absolute atomic E-state index is 0.531. The number of Topliss-reactive ketones (excluding diaryl/α,β-unsaturated/α-hetero) is 1. The summed E-state index contributed by atoms with van der Waals surface area (Å²) in [5.41, 5.74) is 8.46. The predicted octanol–water partition coefficient (Wildman–Crippen LogP) is -0.638. The fourth-order valence-corrected chi connectivity index (χ4v) is 2.07. The number of aliphatic hydroxyl groups excluding tert-OH is 2. The first-order valence-electron chi connectivity index (χ1n) is 5.59. The molecule has 9 nitrogen and oxygen atoms in total. The summed E-state index contributed by atoms with van der Waals surface area (Å²) in [7, 11) is 2.68. The Balaban J connectivity index is 3.05. The van der Waals surface area contributed by atoms with Gasteiger partial charge in [0, 0.05) is 19.1 Å². The van der Waals surface area contributed by atoms with Crippen LogP contribution in [-0.2, 0) is 19.0 Å². The highest BCUT2D eigenvalue weighted by Crippen LogP contribution is 2.28. The number of nitrogens with zero attached hydrogens (tertiary/aromatic N) is 3. The van der Waals surface area contributed by atoms with E-state index in [0.717, 1.165) is 0 Å². The van der Waals surface area contributed by atoms with Crippen molar-refractivity contribution in [1.82, 2.24) is 0 Å². The number of ketones is 1. The van der Waals surface area contributed by atoms with Gasteiger partial charge in [0.05, 0.1) is 6.10 Å². The normalized spacial score (nSPS) is 36.4. The molecule has 19 heavy (non-hydrogen) atoms. The van der Waals surface area contributed by atoms with E-state index in [0.29, 0.717) is 0 Å². The average Bonchev–Trinajstić information content (AvgIpc) is 2.39. The van der Waals surface area contributed by atoms with Crippen LogP contribution < -0.4 is 0 Å². The number of carbonyl (C=O) groups is 1. The summed E-state index contributed by atoms with van der Waals surface area (Å²) in [6.07, 6.45) is -5.77. The molecular formula is C10H17N3O6. The van der Waals surface area contributed by atoms with Crippen LogP contribution in [-0.4, -0.2) is 67.0 Å². The van der Waals surface area contributed by atoms with Crippen molar-refractivity contribution < 1.29 is 29.2 Å². The Hall–Kier alpha value is -1.22. The first-order chi connectivity index (χ1) is 8.97. The van der Waals surface area contributed by atoms with Crippen LogP contribution in [0.2, 0.25) is 0 Å². The Kier molecular flexibility index (Phi) is 5.67. The van der Waals surface area contributed by atoms with Crippen molar-refractivity contribution in [1.29, 1.82) is 0 Å². The molecule has 6 atom stereocenters. The maximum atomic E-state index is 11.2. The Morgan fingerprint density at radius 1 is 1.42 bits per heavy atom. The fourth-order valence-electron chi connectivity index (χ4n) is 2.07. The molecule has 0 aromatic rings. The van der Waals surface area contributed by atoms with E-state index in [-0.39, 0.29) is 0 Å². The summed E-state index contributed by atoms with van der Waals surface area (Å²) in [4.78, 5) is 13.8. The molecule has 108 valence electrons. The third-order valence-electron chi connectivity index (χ3n) is 3.03. The molecule has 1 aliphatic heterocycles. The van der Waals surface area contributed by atoms with Gasteiger partial charge in [-0.2, -0.15) is 0 Å². The van der Waals surface area contributed by atoms with Crippen LogP contribution in [0, 0.1) is 0 Å². The van der Waals surface area contributed by atoms with Gasteiger partial charge in [0.1, 0.15) is 24.4 Å². The van der Waals surface area contributed by atoms with Crippen molar-refractivity contribution in [3.63, 3.8) is 0 Å². The van der Waals surface area contributed by atoms with Crippen LogP contribution in [0.25, 0.3) is 10.4 Å². The smallest absolute Gasteiger partial charge is 0.166 e. The van der Waals surface area contributed by atoms with E-state index >= 15 is 0 Å². The molecule has 0 bridgehead atoms. The summed E-state index contributed by atoms with van der Waals surface area (Å²) < 4.78 is 15.4. The van der Waals surface area contributed by atoms with E-state index in [1.165, 1.54) is 21.1 Å². The van der Waals surface area contributed by atoms with Gasteiger partial charge in [-0.3, -0.25) is 4.79 Å². The van der Waals surface area contributed by atoms with Crippen LogP contribution in [0.1, 0.15) is 6.92 Å². The number of ether oxygens (including phenoxy) is 3. The molecule has 1 aliphatic rings. The molecule has 0 aromatic carbocycles. The lowest BCUT2D eigenvalue weighted by atomic mass is 9.92. The number of aliphatic hydroxyl groups is 2. The maximum absolute atomic E-state index is 11.2. The third kappa shape index (κ3) is 3.21. The molecule has 9 heteroatoms. The van der Waals surface area contributed by atoms with Crippen LogP contribution in [0.5, 0.6) is 0 Å². The predicted molar refractivity (Wildman–Crippen MR) is 62.1 cm³/mol. The molecule has 2 N–H and O–H groups in total. The molecule has 0 spiro atoms. The van der Waals surface area contributed by atoms with Gasteiger partial charge in [-0.15, -0.1) is 0 Å². The van der Waals surface area contributed by atoms with Crippen LogP contribution in [0.4, 0.5) is 0 Å². The number of hydrogen-bond acceptors (Lipinski definition) is 7. The zero-order valence-electron chi connectivity index (χ0n) is 10.8. The molecule has 1 heterocycles. The highest BCUT2D eigenvalue weighted by molar-refractivity contribution is 5.80. The molecule has 1 saturated heterocycles. The second-order valence-electron chi connectivity index (χ2n) is 4.14. The Morgan fingerprint density at radius 2 is 2.00 bits per heavy atom. The maximum Gasteiger partial charge on any atom is 0.166 e. The van der Waals surface area contributed by atoms with Crippen LogP contribution in [0.3, 0.4) is 0 Å². The van der Waals surface area contributed by atoms with Crippen molar-refractivity contribution in [2.45, 2.75) is 43.7 Å². The van der Waals surface area contributed by atoms with E-state index < -0.39 is 42.5 Å². The fraction of sp³-hybridized carbons (Fsp3) is 0.900. The zero-order chi connectivity index (χ0) is 14.6. The van der Waals surface area contributed by atoms with Gasteiger partial charge in [-0.1, -0.05) is 5.11 Å². The monoisotopic (exact) mass is 275 g/mol. The summed E-state index contributed by atoms with van der Waals surface area (Å²) in [5.74, 6) is -0.531. The molecule has 0 aliphatic carbocycles. The molecule has 1 rings (SSSR count). The highest BCUT2D eigenvalue weighted by atomic mass is 16.6.